The predicted molar refractivity (Wildman–Crippen MR) is 99.2 cm³/mol. The third-order valence-electron chi connectivity index (χ3n) is 3.99. The lowest BCUT2D eigenvalue weighted by Crippen LogP contribution is -2.36. The average Bonchev–Trinajstić information content (AvgIpc) is 2.60. The fraction of sp³-hybridized carbons (Fsp3) is 0.333. The quantitative estimate of drug-likeness (QED) is 0.793. The summed E-state index contributed by atoms with van der Waals surface area (Å²) in [6.45, 7) is 4.15. The summed E-state index contributed by atoms with van der Waals surface area (Å²) in [4.78, 5) is 0.0213. The maximum absolute atomic E-state index is 12.7. The summed E-state index contributed by atoms with van der Waals surface area (Å²) in [6.07, 6.45) is 0. The summed E-state index contributed by atoms with van der Waals surface area (Å²) >= 11 is 5.93. The van der Waals surface area contributed by atoms with Crippen LogP contribution in [0.5, 0.6) is 11.5 Å². The molecule has 0 aliphatic heterocycles. The van der Waals surface area contributed by atoms with Crippen molar-refractivity contribution >= 4 is 21.6 Å². The van der Waals surface area contributed by atoms with E-state index in [4.69, 9.17) is 21.1 Å². The van der Waals surface area contributed by atoms with Gasteiger partial charge in [-0.15, -0.1) is 0 Å². The highest BCUT2D eigenvalue weighted by molar-refractivity contribution is 7.89. The van der Waals surface area contributed by atoms with Crippen LogP contribution in [0, 0.1) is 0 Å². The first-order chi connectivity index (χ1) is 11.7. The zero-order valence-corrected chi connectivity index (χ0v) is 16.2. The molecule has 0 amide bonds. The second-order valence-corrected chi connectivity index (χ2v) is 8.40. The lowest BCUT2D eigenvalue weighted by Gasteiger charge is -2.26. The van der Waals surface area contributed by atoms with Crippen molar-refractivity contribution in [3.63, 3.8) is 0 Å². The van der Waals surface area contributed by atoms with E-state index < -0.39 is 15.4 Å². The summed E-state index contributed by atoms with van der Waals surface area (Å²) in [5.74, 6) is 1.00. The molecular formula is C18H22ClNO4S. The maximum atomic E-state index is 12.7. The molecule has 0 aromatic heterocycles. The molecule has 0 radical (unpaired) electrons. The molecule has 136 valence electrons. The highest BCUT2D eigenvalue weighted by Crippen LogP contribution is 2.29. The van der Waals surface area contributed by atoms with Gasteiger partial charge in [-0.05, 0) is 35.9 Å². The van der Waals surface area contributed by atoms with Crippen LogP contribution in [0.4, 0.5) is 0 Å². The first kappa shape index (κ1) is 19.6. The number of benzene rings is 2. The second-order valence-electron chi connectivity index (χ2n) is 6.23. The van der Waals surface area contributed by atoms with Gasteiger partial charge in [-0.3, -0.25) is 0 Å². The highest BCUT2D eigenvalue weighted by Gasteiger charge is 2.26. The molecule has 0 aliphatic rings. The molecule has 0 heterocycles. The van der Waals surface area contributed by atoms with E-state index in [1.165, 1.54) is 19.2 Å². The van der Waals surface area contributed by atoms with E-state index in [0.29, 0.717) is 5.02 Å². The number of halogens is 1. The van der Waals surface area contributed by atoms with Gasteiger partial charge in [0, 0.05) is 17.0 Å². The van der Waals surface area contributed by atoms with E-state index >= 15 is 0 Å². The van der Waals surface area contributed by atoms with E-state index in [-0.39, 0.29) is 17.2 Å². The molecule has 0 bridgehead atoms. The van der Waals surface area contributed by atoms with Gasteiger partial charge in [0.15, 0.2) is 0 Å². The first-order valence-corrected chi connectivity index (χ1v) is 9.53. The number of ether oxygens (including phenoxy) is 2. The SMILES string of the molecule is COc1ccc(C(C)(C)CNS(=O)(=O)c2cc(Cl)ccc2OC)cc1. The molecule has 0 spiro atoms. The summed E-state index contributed by atoms with van der Waals surface area (Å²) in [6, 6.07) is 12.0. The van der Waals surface area contributed by atoms with Gasteiger partial charge in [-0.25, -0.2) is 13.1 Å². The van der Waals surface area contributed by atoms with E-state index in [2.05, 4.69) is 4.72 Å². The molecule has 0 aliphatic carbocycles. The van der Waals surface area contributed by atoms with Gasteiger partial charge < -0.3 is 9.47 Å². The zero-order valence-electron chi connectivity index (χ0n) is 14.7. The highest BCUT2D eigenvalue weighted by atomic mass is 35.5. The molecule has 0 atom stereocenters. The minimum Gasteiger partial charge on any atom is -0.497 e. The van der Waals surface area contributed by atoms with Crippen molar-refractivity contribution in [3.8, 4) is 11.5 Å². The number of nitrogens with one attached hydrogen (secondary N) is 1. The Bertz CT molecular complexity index is 833. The third-order valence-corrected chi connectivity index (χ3v) is 5.65. The second kappa shape index (κ2) is 7.64. The molecule has 25 heavy (non-hydrogen) atoms. The largest absolute Gasteiger partial charge is 0.497 e. The average molecular weight is 384 g/mol. The molecular weight excluding hydrogens is 362 g/mol. The van der Waals surface area contributed by atoms with E-state index in [1.807, 2.05) is 38.1 Å². The molecule has 1 N–H and O–H groups in total. The predicted octanol–water partition coefficient (Wildman–Crippen LogP) is 3.61. The number of methoxy groups -OCH3 is 2. The van der Waals surface area contributed by atoms with Crippen molar-refractivity contribution < 1.29 is 17.9 Å². The van der Waals surface area contributed by atoms with Gasteiger partial charge in [0.05, 0.1) is 14.2 Å². The van der Waals surface area contributed by atoms with E-state index in [0.717, 1.165) is 11.3 Å². The molecule has 2 aromatic carbocycles. The Labute approximate surface area is 154 Å². The molecule has 0 fully saturated rings. The van der Waals surface area contributed by atoms with Crippen molar-refractivity contribution in [2.24, 2.45) is 0 Å². The van der Waals surface area contributed by atoms with Gasteiger partial charge in [0.1, 0.15) is 16.4 Å². The Balaban J connectivity index is 2.22. The number of hydrogen-bond acceptors (Lipinski definition) is 4. The Hall–Kier alpha value is -1.76. The van der Waals surface area contributed by atoms with Crippen LogP contribution in [0.3, 0.4) is 0 Å². The van der Waals surface area contributed by atoms with Crippen molar-refractivity contribution in [3.05, 3.63) is 53.1 Å². The van der Waals surface area contributed by atoms with Crippen molar-refractivity contribution in [2.75, 3.05) is 20.8 Å². The standard InChI is InChI=1S/C18H22ClNO4S/c1-18(2,13-5-8-15(23-3)9-6-13)12-20-25(21,22)17-11-14(19)7-10-16(17)24-4/h5-11,20H,12H2,1-4H3. The van der Waals surface area contributed by atoms with Crippen LogP contribution in [0.2, 0.25) is 5.02 Å². The molecule has 0 unspecified atom stereocenters. The lowest BCUT2D eigenvalue weighted by molar-refractivity contribution is 0.402. The van der Waals surface area contributed by atoms with Gasteiger partial charge in [-0.1, -0.05) is 37.6 Å². The molecule has 2 rings (SSSR count). The van der Waals surface area contributed by atoms with Crippen LogP contribution in [-0.4, -0.2) is 29.2 Å². The lowest BCUT2D eigenvalue weighted by atomic mass is 9.85. The molecule has 7 heteroatoms. The van der Waals surface area contributed by atoms with Gasteiger partial charge in [-0.2, -0.15) is 0 Å². The van der Waals surface area contributed by atoms with Crippen LogP contribution in [0.1, 0.15) is 19.4 Å². The Kier molecular flexibility index (Phi) is 5.98. The molecule has 0 saturated heterocycles. The Morgan fingerprint density at radius 2 is 1.68 bits per heavy atom. The van der Waals surface area contributed by atoms with Gasteiger partial charge in [0.25, 0.3) is 0 Å². The van der Waals surface area contributed by atoms with E-state index in [9.17, 15) is 8.42 Å². The minimum atomic E-state index is -3.76. The van der Waals surface area contributed by atoms with Gasteiger partial charge in [0.2, 0.25) is 10.0 Å². The fourth-order valence-electron chi connectivity index (χ4n) is 2.36. The topological polar surface area (TPSA) is 64.6 Å². The van der Waals surface area contributed by atoms with Crippen molar-refractivity contribution in [1.82, 2.24) is 4.72 Å². The van der Waals surface area contributed by atoms with Crippen LogP contribution in [0.15, 0.2) is 47.4 Å². The third kappa shape index (κ3) is 4.66. The zero-order chi connectivity index (χ0) is 18.7. The monoisotopic (exact) mass is 383 g/mol. The van der Waals surface area contributed by atoms with Crippen LogP contribution < -0.4 is 14.2 Å². The summed E-state index contributed by atoms with van der Waals surface area (Å²) < 4.78 is 38.3. The number of sulfonamides is 1. The number of rotatable bonds is 7. The number of hydrogen-bond donors (Lipinski definition) is 1. The maximum Gasteiger partial charge on any atom is 0.244 e. The van der Waals surface area contributed by atoms with Gasteiger partial charge >= 0.3 is 0 Å². The summed E-state index contributed by atoms with van der Waals surface area (Å²) in [5.41, 5.74) is 0.583. The summed E-state index contributed by atoms with van der Waals surface area (Å²) in [7, 11) is -0.740. The van der Waals surface area contributed by atoms with Crippen LogP contribution in [0.25, 0.3) is 0 Å². The minimum absolute atomic E-state index is 0.0213. The van der Waals surface area contributed by atoms with Crippen molar-refractivity contribution in [2.45, 2.75) is 24.2 Å². The molecule has 2 aromatic rings. The molecule has 0 saturated carbocycles. The smallest absolute Gasteiger partial charge is 0.244 e. The normalized spacial score (nSPS) is 12.0. The Morgan fingerprint density at radius 3 is 2.24 bits per heavy atom. The summed E-state index contributed by atoms with van der Waals surface area (Å²) in [5, 5.41) is 0.329. The molecule has 5 nitrogen and oxygen atoms in total. The van der Waals surface area contributed by atoms with Crippen molar-refractivity contribution in [1.29, 1.82) is 0 Å². The van der Waals surface area contributed by atoms with E-state index in [1.54, 1.807) is 13.2 Å². The first-order valence-electron chi connectivity index (χ1n) is 7.67. The van der Waals surface area contributed by atoms with Crippen LogP contribution >= 0.6 is 11.6 Å². The Morgan fingerprint density at radius 1 is 1.04 bits per heavy atom. The van der Waals surface area contributed by atoms with Crippen LogP contribution in [-0.2, 0) is 15.4 Å². The fourth-order valence-corrected chi connectivity index (χ4v) is 4.00.